The Morgan fingerprint density at radius 3 is 2.42 bits per heavy atom. The van der Waals surface area contributed by atoms with Crippen molar-refractivity contribution >= 4 is 27.3 Å². The Bertz CT molecular complexity index is 885. The third kappa shape index (κ3) is 4.80. The summed E-state index contributed by atoms with van der Waals surface area (Å²) in [5, 5.41) is 2.69. The van der Waals surface area contributed by atoms with Gasteiger partial charge in [0.1, 0.15) is 5.82 Å². The van der Waals surface area contributed by atoms with Gasteiger partial charge in [-0.1, -0.05) is 12.1 Å². The fourth-order valence-corrected chi connectivity index (χ4v) is 3.33. The highest BCUT2D eigenvalue weighted by atomic mass is 32.2. The molecule has 0 bridgehead atoms. The van der Waals surface area contributed by atoms with E-state index in [-0.39, 0.29) is 23.2 Å². The molecule has 0 saturated carbocycles. The molecular weight excluding hydrogens is 357 g/mol. The second kappa shape index (κ2) is 8.29. The maximum absolute atomic E-state index is 13.4. The number of rotatable bonds is 7. The maximum atomic E-state index is 13.4. The Hall–Kier alpha value is -2.45. The molecule has 2 aromatic carbocycles. The average molecular weight is 379 g/mol. The molecule has 0 atom stereocenters. The van der Waals surface area contributed by atoms with Crippen molar-refractivity contribution in [3.63, 3.8) is 0 Å². The Kier molecular flexibility index (Phi) is 6.33. The quantitative estimate of drug-likeness (QED) is 0.803. The lowest BCUT2D eigenvalue weighted by Crippen LogP contribution is -2.33. The summed E-state index contributed by atoms with van der Waals surface area (Å²) in [6, 6.07) is 12.1. The molecule has 0 unspecified atom stereocenters. The first kappa shape index (κ1) is 19.9. The van der Waals surface area contributed by atoms with E-state index in [1.807, 2.05) is 6.92 Å². The molecule has 6 nitrogen and oxygen atoms in total. The fraction of sp³-hybridized carbons (Fsp3) is 0.278. The number of hydrogen-bond acceptors (Lipinski definition) is 4. The van der Waals surface area contributed by atoms with Gasteiger partial charge in [0.25, 0.3) is 0 Å². The van der Waals surface area contributed by atoms with Crippen LogP contribution in [0.3, 0.4) is 0 Å². The van der Waals surface area contributed by atoms with E-state index in [4.69, 9.17) is 0 Å². The van der Waals surface area contributed by atoms with Gasteiger partial charge in [0.15, 0.2) is 0 Å². The van der Waals surface area contributed by atoms with Crippen LogP contribution in [0.2, 0.25) is 0 Å². The van der Waals surface area contributed by atoms with E-state index in [0.717, 1.165) is 4.31 Å². The van der Waals surface area contributed by atoms with Crippen LogP contribution in [-0.2, 0) is 14.8 Å². The smallest absolute Gasteiger partial charge is 0.243 e. The predicted molar refractivity (Wildman–Crippen MR) is 100 cm³/mol. The summed E-state index contributed by atoms with van der Waals surface area (Å²) in [4.78, 5) is 14.1. The number of amides is 1. The number of nitrogens with zero attached hydrogens (tertiary/aromatic N) is 2. The molecule has 0 heterocycles. The zero-order chi connectivity index (χ0) is 19.3. The number of nitrogens with one attached hydrogen (secondary N) is 1. The van der Waals surface area contributed by atoms with Crippen LogP contribution in [0.4, 0.5) is 15.8 Å². The maximum Gasteiger partial charge on any atom is 0.243 e. The number of sulfonamides is 1. The summed E-state index contributed by atoms with van der Waals surface area (Å²) in [7, 11) is -0.694. The van der Waals surface area contributed by atoms with Gasteiger partial charge in [-0.25, -0.2) is 17.1 Å². The predicted octanol–water partition coefficient (Wildman–Crippen LogP) is 2.54. The highest BCUT2D eigenvalue weighted by Crippen LogP contribution is 2.19. The van der Waals surface area contributed by atoms with Crippen LogP contribution in [0, 0.1) is 5.82 Å². The van der Waals surface area contributed by atoms with Gasteiger partial charge >= 0.3 is 0 Å². The topological polar surface area (TPSA) is 69.7 Å². The molecule has 0 aliphatic carbocycles. The third-order valence-corrected chi connectivity index (χ3v) is 5.60. The average Bonchev–Trinajstić information content (AvgIpc) is 2.59. The van der Waals surface area contributed by atoms with Crippen LogP contribution in [0.1, 0.15) is 6.92 Å². The van der Waals surface area contributed by atoms with Gasteiger partial charge in [-0.15, -0.1) is 0 Å². The molecule has 0 saturated heterocycles. The monoisotopic (exact) mass is 379 g/mol. The van der Waals surface area contributed by atoms with E-state index in [1.54, 1.807) is 29.2 Å². The van der Waals surface area contributed by atoms with Crippen LogP contribution in [0.25, 0.3) is 0 Å². The van der Waals surface area contributed by atoms with E-state index >= 15 is 0 Å². The molecule has 1 N–H and O–H groups in total. The van der Waals surface area contributed by atoms with E-state index in [1.165, 1.54) is 38.4 Å². The molecular formula is C18H22FN3O3S. The molecule has 0 aliphatic rings. The van der Waals surface area contributed by atoms with Crippen LogP contribution in [-0.4, -0.2) is 45.8 Å². The lowest BCUT2D eigenvalue weighted by atomic mass is 10.2. The summed E-state index contributed by atoms with van der Waals surface area (Å²) in [6.45, 7) is 2.40. The molecule has 2 aromatic rings. The Morgan fingerprint density at radius 1 is 1.12 bits per heavy atom. The number of halogens is 1. The van der Waals surface area contributed by atoms with Gasteiger partial charge < -0.3 is 10.2 Å². The van der Waals surface area contributed by atoms with Crippen LogP contribution in [0.5, 0.6) is 0 Å². The zero-order valence-corrected chi connectivity index (χ0v) is 15.8. The number of carbonyl (C=O) groups excluding carboxylic acids is 1. The summed E-state index contributed by atoms with van der Waals surface area (Å²) >= 11 is 0. The third-order valence-electron chi connectivity index (χ3n) is 3.79. The molecule has 8 heteroatoms. The number of likely N-dealkylation sites (N-methyl/N-ethyl adjacent to an activating group) is 1. The Balaban J connectivity index is 2.12. The van der Waals surface area contributed by atoms with Crippen molar-refractivity contribution in [2.45, 2.75) is 11.8 Å². The van der Waals surface area contributed by atoms with E-state index in [2.05, 4.69) is 5.32 Å². The zero-order valence-electron chi connectivity index (χ0n) is 14.9. The lowest BCUT2D eigenvalue weighted by molar-refractivity contribution is -0.115. The SMILES string of the molecule is CCN(CC(=O)Nc1cccc(S(=O)(=O)N(C)C)c1)c1cccc(F)c1. The molecule has 0 spiro atoms. The van der Waals surface area contributed by atoms with Gasteiger partial charge in [-0.3, -0.25) is 4.79 Å². The van der Waals surface area contributed by atoms with Gasteiger partial charge in [0.05, 0.1) is 11.4 Å². The van der Waals surface area contributed by atoms with Crippen molar-refractivity contribution in [1.82, 2.24) is 4.31 Å². The molecule has 0 radical (unpaired) electrons. The van der Waals surface area contributed by atoms with Crippen molar-refractivity contribution in [3.8, 4) is 0 Å². The molecule has 0 aliphatic heterocycles. The molecule has 26 heavy (non-hydrogen) atoms. The normalized spacial score (nSPS) is 11.4. The number of anilines is 2. The molecule has 1 amide bonds. The molecule has 2 rings (SSSR count). The largest absolute Gasteiger partial charge is 0.362 e. The van der Waals surface area contributed by atoms with Crippen LogP contribution in [0.15, 0.2) is 53.4 Å². The van der Waals surface area contributed by atoms with Gasteiger partial charge in [0.2, 0.25) is 15.9 Å². The van der Waals surface area contributed by atoms with Crippen LogP contribution < -0.4 is 10.2 Å². The van der Waals surface area contributed by atoms with E-state index < -0.39 is 10.0 Å². The Labute approximate surface area is 153 Å². The second-order valence-electron chi connectivity index (χ2n) is 5.86. The van der Waals surface area contributed by atoms with Crippen molar-refractivity contribution in [3.05, 3.63) is 54.3 Å². The van der Waals surface area contributed by atoms with Gasteiger partial charge in [-0.05, 0) is 43.3 Å². The van der Waals surface area contributed by atoms with Crippen molar-refractivity contribution in [1.29, 1.82) is 0 Å². The second-order valence-corrected chi connectivity index (χ2v) is 8.01. The summed E-state index contributed by atoms with van der Waals surface area (Å²) < 4.78 is 38.9. The van der Waals surface area contributed by atoms with Gasteiger partial charge in [-0.2, -0.15) is 0 Å². The first-order chi connectivity index (χ1) is 12.2. The minimum atomic E-state index is -3.58. The molecule has 140 valence electrons. The first-order valence-corrected chi connectivity index (χ1v) is 9.51. The molecule has 0 aromatic heterocycles. The highest BCUT2D eigenvalue weighted by Gasteiger charge is 2.18. The van der Waals surface area contributed by atoms with Crippen LogP contribution >= 0.6 is 0 Å². The Morgan fingerprint density at radius 2 is 1.81 bits per heavy atom. The fourth-order valence-electron chi connectivity index (χ4n) is 2.38. The van der Waals surface area contributed by atoms with Crippen molar-refractivity contribution in [2.24, 2.45) is 0 Å². The number of hydrogen-bond donors (Lipinski definition) is 1. The highest BCUT2D eigenvalue weighted by molar-refractivity contribution is 7.89. The standard InChI is InChI=1S/C18H22FN3O3S/c1-4-22(16-9-5-7-14(19)11-16)13-18(23)20-15-8-6-10-17(12-15)26(24,25)21(2)3/h5-12H,4,13H2,1-3H3,(H,20,23). The summed E-state index contributed by atoms with van der Waals surface area (Å²) in [5.74, 6) is -0.696. The molecule has 0 fully saturated rings. The lowest BCUT2D eigenvalue weighted by Gasteiger charge is -2.22. The summed E-state index contributed by atoms with van der Waals surface area (Å²) in [5.41, 5.74) is 0.986. The summed E-state index contributed by atoms with van der Waals surface area (Å²) in [6.07, 6.45) is 0. The van der Waals surface area contributed by atoms with Crippen molar-refractivity contribution < 1.29 is 17.6 Å². The number of carbonyl (C=O) groups is 1. The minimum absolute atomic E-state index is 0.0185. The van der Waals surface area contributed by atoms with E-state index in [9.17, 15) is 17.6 Å². The van der Waals surface area contributed by atoms with Gasteiger partial charge in [0, 0.05) is 32.0 Å². The minimum Gasteiger partial charge on any atom is -0.362 e. The number of benzene rings is 2. The van der Waals surface area contributed by atoms with Crippen molar-refractivity contribution in [2.75, 3.05) is 37.4 Å². The first-order valence-electron chi connectivity index (χ1n) is 8.07. The van der Waals surface area contributed by atoms with E-state index in [0.29, 0.717) is 17.9 Å².